The molecule has 0 aliphatic rings. The van der Waals surface area contributed by atoms with Crippen molar-refractivity contribution >= 4 is 11.6 Å². The number of pyridine rings is 1. The Labute approximate surface area is 175 Å². The molecule has 29 heavy (non-hydrogen) atoms. The van der Waals surface area contributed by atoms with Gasteiger partial charge in [-0.05, 0) is 53.4 Å². The molecule has 5 heteroatoms. The third kappa shape index (κ3) is 4.49. The summed E-state index contributed by atoms with van der Waals surface area (Å²) in [6.07, 6.45) is 7.14. The van der Waals surface area contributed by atoms with Crippen molar-refractivity contribution in [2.24, 2.45) is 0 Å². The summed E-state index contributed by atoms with van der Waals surface area (Å²) in [6.45, 7) is 6.54. The van der Waals surface area contributed by atoms with E-state index in [1.807, 2.05) is 47.2 Å². The second-order valence-corrected chi connectivity index (χ2v) is 8.36. The molecule has 0 spiro atoms. The Hall–Kier alpha value is -3.11. The molecule has 4 nitrogen and oxygen atoms in total. The maximum atomic E-state index is 6.25. The summed E-state index contributed by atoms with van der Waals surface area (Å²) in [6, 6.07) is 17.8. The number of halogens is 1. The van der Waals surface area contributed by atoms with E-state index < -0.39 is 0 Å². The lowest BCUT2D eigenvalue weighted by molar-refractivity contribution is 0.478. The largest absolute Gasteiger partial charge is 0.457 e. The van der Waals surface area contributed by atoms with Crippen LogP contribution >= 0.6 is 11.6 Å². The fourth-order valence-electron chi connectivity index (χ4n) is 3.06. The van der Waals surface area contributed by atoms with Gasteiger partial charge in [-0.3, -0.25) is 4.98 Å². The number of nitrogens with zero attached hydrogens (tertiary/aromatic N) is 3. The number of rotatable bonds is 4. The molecular weight excluding hydrogens is 382 g/mol. The molecule has 0 saturated carbocycles. The molecule has 0 unspecified atom stereocenters. The Morgan fingerprint density at radius 3 is 2.52 bits per heavy atom. The first-order valence-corrected chi connectivity index (χ1v) is 9.80. The van der Waals surface area contributed by atoms with E-state index in [-0.39, 0.29) is 5.41 Å². The monoisotopic (exact) mass is 403 g/mol. The van der Waals surface area contributed by atoms with E-state index in [9.17, 15) is 0 Å². The molecule has 0 saturated heterocycles. The van der Waals surface area contributed by atoms with E-state index in [1.54, 1.807) is 24.8 Å². The average Bonchev–Trinajstić information content (AvgIpc) is 3.22. The molecule has 0 N–H and O–H groups in total. The Morgan fingerprint density at radius 1 is 0.931 bits per heavy atom. The smallest absolute Gasteiger partial charge is 0.129 e. The van der Waals surface area contributed by atoms with Gasteiger partial charge in [0.05, 0.1) is 17.7 Å². The predicted molar refractivity (Wildman–Crippen MR) is 117 cm³/mol. The molecule has 0 radical (unpaired) electrons. The lowest BCUT2D eigenvalue weighted by Crippen LogP contribution is -2.11. The lowest BCUT2D eigenvalue weighted by atomic mass is 9.85. The molecule has 0 amide bonds. The highest BCUT2D eigenvalue weighted by atomic mass is 35.5. The third-order valence-electron chi connectivity index (χ3n) is 4.65. The number of aromatic nitrogens is 3. The molecule has 0 bridgehead atoms. The highest BCUT2D eigenvalue weighted by molar-refractivity contribution is 6.30. The van der Waals surface area contributed by atoms with Crippen LogP contribution in [0.3, 0.4) is 0 Å². The summed E-state index contributed by atoms with van der Waals surface area (Å²) in [4.78, 5) is 8.59. The number of hydrogen-bond donors (Lipinski definition) is 0. The van der Waals surface area contributed by atoms with Gasteiger partial charge in [-0.2, -0.15) is 0 Å². The summed E-state index contributed by atoms with van der Waals surface area (Å²) < 4.78 is 8.19. The van der Waals surface area contributed by atoms with Gasteiger partial charge in [-0.1, -0.05) is 38.4 Å². The van der Waals surface area contributed by atoms with Gasteiger partial charge in [-0.15, -0.1) is 0 Å². The topological polar surface area (TPSA) is 39.9 Å². The van der Waals surface area contributed by atoms with Crippen molar-refractivity contribution < 1.29 is 4.74 Å². The number of hydrogen-bond acceptors (Lipinski definition) is 3. The molecule has 2 aromatic carbocycles. The van der Waals surface area contributed by atoms with Gasteiger partial charge < -0.3 is 9.30 Å². The highest BCUT2D eigenvalue weighted by Gasteiger charge is 2.17. The normalized spacial score (nSPS) is 11.4. The van der Waals surface area contributed by atoms with Gasteiger partial charge in [0.2, 0.25) is 0 Å². The number of imidazole rings is 1. The highest BCUT2D eigenvalue weighted by Crippen LogP contribution is 2.34. The molecule has 0 atom stereocenters. The van der Waals surface area contributed by atoms with Gasteiger partial charge in [-0.25, -0.2) is 4.98 Å². The summed E-state index contributed by atoms with van der Waals surface area (Å²) in [5, 5.41) is 0.659. The van der Waals surface area contributed by atoms with Crippen molar-refractivity contribution in [1.82, 2.24) is 14.5 Å². The molecule has 0 aliphatic carbocycles. The van der Waals surface area contributed by atoms with Crippen LogP contribution in [-0.4, -0.2) is 14.5 Å². The molecule has 2 aromatic heterocycles. The van der Waals surface area contributed by atoms with Crippen molar-refractivity contribution in [2.45, 2.75) is 26.2 Å². The number of benzene rings is 2. The van der Waals surface area contributed by atoms with Crippen molar-refractivity contribution in [3.63, 3.8) is 0 Å². The first kappa shape index (κ1) is 19.2. The van der Waals surface area contributed by atoms with Gasteiger partial charge in [0, 0.05) is 35.2 Å². The van der Waals surface area contributed by atoms with Gasteiger partial charge >= 0.3 is 0 Å². The van der Waals surface area contributed by atoms with Crippen molar-refractivity contribution in [3.8, 4) is 28.4 Å². The summed E-state index contributed by atoms with van der Waals surface area (Å²) in [5.74, 6) is 1.52. The average molecular weight is 404 g/mol. The summed E-state index contributed by atoms with van der Waals surface area (Å²) >= 11 is 6.18. The minimum Gasteiger partial charge on any atom is -0.457 e. The third-order valence-corrected chi connectivity index (χ3v) is 4.88. The maximum Gasteiger partial charge on any atom is 0.129 e. The van der Waals surface area contributed by atoms with E-state index in [1.165, 1.54) is 0 Å². The van der Waals surface area contributed by atoms with Crippen LogP contribution in [0.2, 0.25) is 5.02 Å². The lowest BCUT2D eigenvalue weighted by Gasteiger charge is -2.21. The van der Waals surface area contributed by atoms with Crippen molar-refractivity contribution in [2.75, 3.05) is 0 Å². The fraction of sp³-hybridized carbons (Fsp3) is 0.167. The van der Waals surface area contributed by atoms with Crippen molar-refractivity contribution in [1.29, 1.82) is 0 Å². The van der Waals surface area contributed by atoms with E-state index >= 15 is 0 Å². The predicted octanol–water partition coefficient (Wildman–Crippen LogP) is 6.68. The minimum absolute atomic E-state index is 0.0364. The first-order valence-electron chi connectivity index (χ1n) is 9.42. The standard InChI is InChI=1S/C24H22ClN3O/c1-24(2,3)18-11-17(23-14-19(25)7-8-27-23)12-22(13-18)29-21-6-4-5-20(15-21)28-10-9-26-16-28/h4-16H,1-3H3. The fourth-order valence-corrected chi connectivity index (χ4v) is 3.22. The van der Waals surface area contributed by atoms with Crippen LogP contribution in [-0.2, 0) is 5.41 Å². The van der Waals surface area contributed by atoms with Gasteiger partial charge in [0.1, 0.15) is 11.5 Å². The Balaban J connectivity index is 1.74. The van der Waals surface area contributed by atoms with Crippen LogP contribution in [0.15, 0.2) is 79.5 Å². The molecule has 0 fully saturated rings. The van der Waals surface area contributed by atoms with Crippen LogP contribution in [0, 0.1) is 0 Å². The van der Waals surface area contributed by atoms with Crippen molar-refractivity contribution in [3.05, 3.63) is 90.1 Å². The number of ether oxygens (including phenoxy) is 1. The molecular formula is C24H22ClN3O. The van der Waals surface area contributed by atoms with Gasteiger partial charge in [0.25, 0.3) is 0 Å². The van der Waals surface area contributed by atoms with Crippen LogP contribution in [0.4, 0.5) is 0 Å². The van der Waals surface area contributed by atoms with E-state index in [0.717, 1.165) is 34.0 Å². The SMILES string of the molecule is CC(C)(C)c1cc(Oc2cccc(-n3ccnc3)c2)cc(-c2cc(Cl)ccn2)c1. The van der Waals surface area contributed by atoms with E-state index in [0.29, 0.717) is 5.02 Å². The van der Waals surface area contributed by atoms with Gasteiger partial charge in [0.15, 0.2) is 0 Å². The molecule has 2 heterocycles. The van der Waals surface area contributed by atoms with Crippen LogP contribution in [0.5, 0.6) is 11.5 Å². The minimum atomic E-state index is -0.0364. The molecule has 0 aliphatic heterocycles. The van der Waals surface area contributed by atoms with E-state index in [4.69, 9.17) is 16.3 Å². The molecule has 146 valence electrons. The molecule has 4 rings (SSSR count). The summed E-state index contributed by atoms with van der Waals surface area (Å²) in [7, 11) is 0. The second kappa shape index (κ2) is 7.72. The zero-order chi connectivity index (χ0) is 20.4. The Kier molecular flexibility index (Phi) is 5.12. The second-order valence-electron chi connectivity index (χ2n) is 7.92. The summed E-state index contributed by atoms with van der Waals surface area (Å²) in [5.41, 5.74) is 3.91. The van der Waals surface area contributed by atoms with E-state index in [2.05, 4.69) is 42.9 Å². The zero-order valence-corrected chi connectivity index (χ0v) is 17.4. The van der Waals surface area contributed by atoms with Crippen LogP contribution in [0.1, 0.15) is 26.3 Å². The quantitative estimate of drug-likeness (QED) is 0.381. The zero-order valence-electron chi connectivity index (χ0n) is 16.6. The Morgan fingerprint density at radius 2 is 1.79 bits per heavy atom. The molecule has 4 aromatic rings. The first-order chi connectivity index (χ1) is 13.9. The van der Waals surface area contributed by atoms with Crippen LogP contribution in [0.25, 0.3) is 16.9 Å². The van der Waals surface area contributed by atoms with Crippen LogP contribution < -0.4 is 4.74 Å². The Bertz CT molecular complexity index is 1130. The maximum absolute atomic E-state index is 6.25.